The summed E-state index contributed by atoms with van der Waals surface area (Å²) < 4.78 is 5.62. The minimum Gasteiger partial charge on any atom is -0.484 e. The number of ether oxygens (including phenoxy) is 1. The van der Waals surface area contributed by atoms with Crippen LogP contribution in [-0.2, 0) is 9.59 Å². The number of benzene rings is 2. The van der Waals surface area contributed by atoms with Crippen molar-refractivity contribution in [2.45, 2.75) is 12.8 Å². The van der Waals surface area contributed by atoms with E-state index >= 15 is 0 Å². The smallest absolute Gasteiger partial charge is 0.260 e. The summed E-state index contributed by atoms with van der Waals surface area (Å²) in [5.41, 5.74) is 4.41. The molecule has 3 rings (SSSR count). The van der Waals surface area contributed by atoms with Crippen molar-refractivity contribution in [2.24, 2.45) is 11.8 Å². The third-order valence-corrected chi connectivity index (χ3v) is 4.68. The summed E-state index contributed by atoms with van der Waals surface area (Å²) in [6, 6.07) is 17.8. The van der Waals surface area contributed by atoms with E-state index < -0.39 is 0 Å². The number of nitrogens with two attached hydrogens (primary N) is 1. The van der Waals surface area contributed by atoms with Gasteiger partial charge in [-0.2, -0.15) is 0 Å². The van der Waals surface area contributed by atoms with Gasteiger partial charge in [0.2, 0.25) is 5.91 Å². The van der Waals surface area contributed by atoms with E-state index in [9.17, 15) is 9.59 Å². The molecule has 0 unspecified atom stereocenters. The van der Waals surface area contributed by atoms with E-state index in [-0.39, 0.29) is 24.3 Å². The Kier molecular flexibility index (Phi) is 5.86. The molecule has 0 saturated carbocycles. The average molecular weight is 353 g/mol. The summed E-state index contributed by atoms with van der Waals surface area (Å²) in [6.07, 6.45) is 1.25. The summed E-state index contributed by atoms with van der Waals surface area (Å²) in [5, 5.41) is 0. The average Bonchev–Trinajstić information content (AvgIpc) is 2.72. The van der Waals surface area contributed by atoms with Crippen molar-refractivity contribution in [2.75, 3.05) is 19.7 Å². The number of piperidine rings is 1. The Hall–Kier alpha value is -2.86. The zero-order valence-corrected chi connectivity index (χ0v) is 14.6. The van der Waals surface area contributed by atoms with Crippen LogP contribution in [0, 0.1) is 5.92 Å². The second-order valence-corrected chi connectivity index (χ2v) is 6.34. The number of hydrazine groups is 1. The van der Waals surface area contributed by atoms with Gasteiger partial charge in [-0.1, -0.05) is 42.5 Å². The highest BCUT2D eigenvalue weighted by Crippen LogP contribution is 2.22. The SMILES string of the molecule is NNC(=O)C1CCN(C(=O)COc2ccc(-c3ccccc3)cc2)CC1. The number of nitrogens with one attached hydrogen (secondary N) is 1. The molecule has 0 aliphatic carbocycles. The van der Waals surface area contributed by atoms with Gasteiger partial charge in [-0.25, -0.2) is 5.84 Å². The minimum atomic E-state index is -0.160. The van der Waals surface area contributed by atoms with Crippen LogP contribution in [0.1, 0.15) is 12.8 Å². The summed E-state index contributed by atoms with van der Waals surface area (Å²) in [5.74, 6) is 5.48. The fourth-order valence-electron chi connectivity index (χ4n) is 3.12. The van der Waals surface area contributed by atoms with E-state index in [4.69, 9.17) is 10.6 Å². The summed E-state index contributed by atoms with van der Waals surface area (Å²) >= 11 is 0. The van der Waals surface area contributed by atoms with E-state index in [0.29, 0.717) is 31.7 Å². The zero-order chi connectivity index (χ0) is 18.4. The van der Waals surface area contributed by atoms with E-state index in [1.807, 2.05) is 54.6 Å². The Morgan fingerprint density at radius 2 is 1.62 bits per heavy atom. The first-order chi connectivity index (χ1) is 12.7. The summed E-state index contributed by atoms with van der Waals surface area (Å²) in [6.45, 7) is 1.10. The molecule has 1 fully saturated rings. The second-order valence-electron chi connectivity index (χ2n) is 6.34. The number of carbonyl (C=O) groups is 2. The molecule has 26 heavy (non-hydrogen) atoms. The maximum Gasteiger partial charge on any atom is 0.260 e. The Morgan fingerprint density at radius 1 is 1.00 bits per heavy atom. The van der Waals surface area contributed by atoms with Gasteiger partial charge in [0, 0.05) is 19.0 Å². The zero-order valence-electron chi connectivity index (χ0n) is 14.6. The lowest BCUT2D eigenvalue weighted by atomic mass is 9.96. The van der Waals surface area contributed by atoms with Crippen molar-refractivity contribution in [3.63, 3.8) is 0 Å². The molecule has 1 aliphatic rings. The largest absolute Gasteiger partial charge is 0.484 e. The summed E-state index contributed by atoms with van der Waals surface area (Å²) in [7, 11) is 0. The fraction of sp³-hybridized carbons (Fsp3) is 0.300. The lowest BCUT2D eigenvalue weighted by Crippen LogP contribution is -2.45. The van der Waals surface area contributed by atoms with Crippen LogP contribution in [0.3, 0.4) is 0 Å². The predicted octanol–water partition coefficient (Wildman–Crippen LogP) is 1.96. The standard InChI is InChI=1S/C20H23N3O3/c21-22-20(25)17-10-12-23(13-11-17)19(24)14-26-18-8-6-16(7-9-18)15-4-2-1-3-5-15/h1-9,17H,10-14,21H2,(H,22,25). The van der Waals surface area contributed by atoms with Gasteiger partial charge in [0.25, 0.3) is 5.91 Å². The van der Waals surface area contributed by atoms with Gasteiger partial charge >= 0.3 is 0 Å². The first-order valence-electron chi connectivity index (χ1n) is 8.74. The molecule has 0 aromatic heterocycles. The maximum absolute atomic E-state index is 12.3. The number of hydrogen-bond acceptors (Lipinski definition) is 4. The normalized spacial score (nSPS) is 14.7. The summed E-state index contributed by atoms with van der Waals surface area (Å²) in [4.78, 5) is 25.5. The molecule has 0 atom stereocenters. The van der Waals surface area contributed by atoms with Crippen molar-refractivity contribution in [3.8, 4) is 16.9 Å². The molecule has 0 bridgehead atoms. The van der Waals surface area contributed by atoms with Crippen molar-refractivity contribution >= 4 is 11.8 Å². The molecule has 0 radical (unpaired) electrons. The van der Waals surface area contributed by atoms with Gasteiger partial charge in [-0.15, -0.1) is 0 Å². The number of nitrogens with zero attached hydrogens (tertiary/aromatic N) is 1. The number of carbonyl (C=O) groups excluding carboxylic acids is 2. The number of amides is 2. The Bertz CT molecular complexity index is 739. The third kappa shape index (κ3) is 4.40. The van der Waals surface area contributed by atoms with Gasteiger partial charge in [-0.05, 0) is 36.1 Å². The molecule has 1 saturated heterocycles. The van der Waals surface area contributed by atoms with Gasteiger partial charge < -0.3 is 9.64 Å². The van der Waals surface area contributed by atoms with Gasteiger partial charge in [0.05, 0.1) is 0 Å². The van der Waals surface area contributed by atoms with E-state index in [2.05, 4.69) is 5.43 Å². The monoisotopic (exact) mass is 353 g/mol. The second kappa shape index (κ2) is 8.49. The molecule has 0 spiro atoms. The van der Waals surface area contributed by atoms with Crippen LogP contribution in [0.15, 0.2) is 54.6 Å². The van der Waals surface area contributed by atoms with Crippen LogP contribution >= 0.6 is 0 Å². The molecule has 3 N–H and O–H groups in total. The molecule has 6 nitrogen and oxygen atoms in total. The quantitative estimate of drug-likeness (QED) is 0.489. The van der Waals surface area contributed by atoms with Gasteiger partial charge in [0.15, 0.2) is 6.61 Å². The first kappa shape index (κ1) is 17.9. The molecule has 2 aromatic rings. The Labute approximate surface area is 152 Å². The molecule has 1 heterocycles. The lowest BCUT2D eigenvalue weighted by molar-refractivity contribution is -0.137. The van der Waals surface area contributed by atoms with Crippen molar-refractivity contribution < 1.29 is 14.3 Å². The molecular weight excluding hydrogens is 330 g/mol. The van der Waals surface area contributed by atoms with Crippen LogP contribution in [0.5, 0.6) is 5.75 Å². The molecule has 6 heteroatoms. The van der Waals surface area contributed by atoms with Crippen LogP contribution in [0.2, 0.25) is 0 Å². The fourth-order valence-corrected chi connectivity index (χ4v) is 3.12. The van der Waals surface area contributed by atoms with E-state index in [1.165, 1.54) is 0 Å². The highest BCUT2D eigenvalue weighted by molar-refractivity contribution is 5.80. The van der Waals surface area contributed by atoms with Gasteiger partial charge in [0.1, 0.15) is 5.75 Å². The lowest BCUT2D eigenvalue weighted by Gasteiger charge is -2.30. The van der Waals surface area contributed by atoms with E-state index in [0.717, 1.165) is 11.1 Å². The van der Waals surface area contributed by atoms with Crippen LogP contribution in [0.25, 0.3) is 11.1 Å². The van der Waals surface area contributed by atoms with Gasteiger partial charge in [-0.3, -0.25) is 15.0 Å². The topological polar surface area (TPSA) is 84.7 Å². The first-order valence-corrected chi connectivity index (χ1v) is 8.74. The Morgan fingerprint density at radius 3 is 2.23 bits per heavy atom. The highest BCUT2D eigenvalue weighted by atomic mass is 16.5. The number of rotatable bonds is 5. The minimum absolute atomic E-state index is 0.00155. The predicted molar refractivity (Wildman–Crippen MR) is 99.0 cm³/mol. The maximum atomic E-state index is 12.3. The van der Waals surface area contributed by atoms with Crippen molar-refractivity contribution in [1.29, 1.82) is 0 Å². The Balaban J connectivity index is 1.48. The third-order valence-electron chi connectivity index (χ3n) is 4.68. The number of hydrogen-bond donors (Lipinski definition) is 2. The highest BCUT2D eigenvalue weighted by Gasteiger charge is 2.26. The van der Waals surface area contributed by atoms with Crippen LogP contribution in [0.4, 0.5) is 0 Å². The van der Waals surface area contributed by atoms with Crippen molar-refractivity contribution in [3.05, 3.63) is 54.6 Å². The molecule has 1 aliphatic heterocycles. The molecular formula is C20H23N3O3. The number of likely N-dealkylation sites (tertiary alicyclic amines) is 1. The van der Waals surface area contributed by atoms with Crippen LogP contribution in [-0.4, -0.2) is 36.4 Å². The van der Waals surface area contributed by atoms with Crippen molar-refractivity contribution in [1.82, 2.24) is 10.3 Å². The molecule has 136 valence electrons. The molecule has 2 amide bonds. The molecule has 2 aromatic carbocycles. The van der Waals surface area contributed by atoms with E-state index in [1.54, 1.807) is 4.90 Å². The van der Waals surface area contributed by atoms with Crippen LogP contribution < -0.4 is 16.0 Å².